The van der Waals surface area contributed by atoms with Gasteiger partial charge in [0.15, 0.2) is 6.29 Å². The number of carbonyl (C=O) groups is 4. The molecule has 4 aromatic carbocycles. The quantitative estimate of drug-likeness (QED) is 0.0849. The molecule has 0 aliphatic carbocycles. The smallest absolute Gasteiger partial charge is 0.408 e. The van der Waals surface area contributed by atoms with E-state index in [-0.39, 0.29) is 44.0 Å². The number of aliphatic hydroxyl groups is 1. The van der Waals surface area contributed by atoms with Crippen LogP contribution in [0.15, 0.2) is 126 Å². The van der Waals surface area contributed by atoms with E-state index in [1.807, 2.05) is 103 Å². The Kier molecular flexibility index (Phi) is 12.2. The van der Waals surface area contributed by atoms with Crippen LogP contribution in [0.3, 0.4) is 0 Å². The van der Waals surface area contributed by atoms with Crippen LogP contribution in [0.4, 0.5) is 4.79 Å². The van der Waals surface area contributed by atoms with Crippen LogP contribution in [-0.2, 0) is 43.6 Å². The fourth-order valence-corrected chi connectivity index (χ4v) is 7.67. The Hall–Kier alpha value is -5.86. The van der Waals surface area contributed by atoms with Gasteiger partial charge in [0.05, 0.1) is 37.3 Å². The third-order valence-corrected chi connectivity index (χ3v) is 10.7. The molecule has 13 heteroatoms. The third kappa shape index (κ3) is 9.15. The Labute approximate surface area is 327 Å². The predicted molar refractivity (Wildman–Crippen MR) is 206 cm³/mol. The van der Waals surface area contributed by atoms with Gasteiger partial charge in [0.2, 0.25) is 5.91 Å². The number of ether oxygens (including phenoxy) is 3. The zero-order valence-electron chi connectivity index (χ0n) is 30.2. The standard InChI is InChI=1S/C43H39N3O9S/c47-24-27-12-14-30(15-13-27)37-21-33(26-56-39-35(41(50)51)11-6-20-44-39)54-42(55-37)31-18-16-29(17-19-31)34-10-5-4-9-32(34)23-46-38(48)22-36(40(46)49)45-43(52)53-25-28-7-2-1-3-8-28/h1-20,33,36-37,42,47H,21-26H2,(H,45,52)(H,50,51). The zero-order valence-corrected chi connectivity index (χ0v) is 31.0. The number of carboxylic acids is 1. The number of aliphatic hydroxyl groups excluding tert-OH is 1. The minimum absolute atomic E-state index is 0.0254. The number of aromatic nitrogens is 1. The first-order valence-corrected chi connectivity index (χ1v) is 19.1. The lowest BCUT2D eigenvalue weighted by molar-refractivity contribution is -0.245. The number of likely N-dealkylation sites (tertiary alicyclic amines) is 1. The number of carbonyl (C=O) groups excluding carboxylic acids is 3. The maximum Gasteiger partial charge on any atom is 0.408 e. The first-order valence-electron chi connectivity index (χ1n) is 18.1. The van der Waals surface area contributed by atoms with Crippen molar-refractivity contribution in [1.29, 1.82) is 0 Å². The molecule has 4 unspecified atom stereocenters. The Bertz CT molecular complexity index is 2180. The highest BCUT2D eigenvalue weighted by atomic mass is 32.2. The molecular weight excluding hydrogens is 735 g/mol. The molecule has 3 amide bonds. The van der Waals surface area contributed by atoms with E-state index in [2.05, 4.69) is 10.3 Å². The summed E-state index contributed by atoms with van der Waals surface area (Å²) in [7, 11) is 0. The molecule has 12 nitrogen and oxygen atoms in total. The molecule has 2 saturated heterocycles. The van der Waals surface area contributed by atoms with Gasteiger partial charge in [-0.15, -0.1) is 11.8 Å². The topological polar surface area (TPSA) is 165 Å². The fourth-order valence-electron chi connectivity index (χ4n) is 6.66. The molecule has 0 bridgehead atoms. The van der Waals surface area contributed by atoms with Crippen LogP contribution >= 0.6 is 11.8 Å². The van der Waals surface area contributed by atoms with Gasteiger partial charge in [0.25, 0.3) is 5.91 Å². The summed E-state index contributed by atoms with van der Waals surface area (Å²) in [4.78, 5) is 56.1. The van der Waals surface area contributed by atoms with Crippen molar-refractivity contribution < 1.29 is 43.6 Å². The van der Waals surface area contributed by atoms with E-state index in [1.165, 1.54) is 17.8 Å². The van der Waals surface area contributed by atoms with Crippen LogP contribution in [0, 0.1) is 0 Å². The van der Waals surface area contributed by atoms with Crippen molar-refractivity contribution in [3.8, 4) is 11.1 Å². The van der Waals surface area contributed by atoms with Gasteiger partial charge in [0, 0.05) is 23.9 Å². The molecule has 0 radical (unpaired) electrons. The van der Waals surface area contributed by atoms with Crippen LogP contribution in [0.5, 0.6) is 0 Å². The lowest BCUT2D eigenvalue weighted by atomic mass is 9.97. The van der Waals surface area contributed by atoms with Gasteiger partial charge in [-0.2, -0.15) is 0 Å². The number of hydrogen-bond acceptors (Lipinski definition) is 10. The summed E-state index contributed by atoms with van der Waals surface area (Å²) in [6.45, 7) is -0.00845. The van der Waals surface area contributed by atoms with Gasteiger partial charge < -0.3 is 29.7 Å². The first-order chi connectivity index (χ1) is 27.2. The van der Waals surface area contributed by atoms with E-state index >= 15 is 0 Å². The normalized spacial score (nSPS) is 19.5. The molecule has 56 heavy (non-hydrogen) atoms. The molecule has 5 aromatic rings. The second-order valence-corrected chi connectivity index (χ2v) is 14.4. The third-order valence-electron chi connectivity index (χ3n) is 9.61. The molecular formula is C43H39N3O9S. The highest BCUT2D eigenvalue weighted by molar-refractivity contribution is 7.99. The maximum atomic E-state index is 13.3. The Balaban J connectivity index is 1.04. The number of nitrogens with one attached hydrogen (secondary N) is 1. The predicted octanol–water partition coefficient (Wildman–Crippen LogP) is 6.83. The Morgan fingerprint density at radius 2 is 1.59 bits per heavy atom. The summed E-state index contributed by atoms with van der Waals surface area (Å²) in [5.41, 5.74) is 5.81. The number of alkyl carbamates (subject to hydrolysis) is 1. The van der Waals surface area contributed by atoms with E-state index in [9.17, 15) is 29.4 Å². The maximum absolute atomic E-state index is 13.3. The lowest BCUT2D eigenvalue weighted by Crippen LogP contribution is -2.41. The van der Waals surface area contributed by atoms with Crippen LogP contribution in [-0.4, -0.2) is 61.9 Å². The van der Waals surface area contributed by atoms with Crippen LogP contribution < -0.4 is 5.32 Å². The van der Waals surface area contributed by atoms with Crippen molar-refractivity contribution in [2.24, 2.45) is 0 Å². The van der Waals surface area contributed by atoms with Crippen LogP contribution in [0.1, 0.15) is 63.4 Å². The van der Waals surface area contributed by atoms with Gasteiger partial charge >= 0.3 is 12.1 Å². The van der Waals surface area contributed by atoms with Crippen molar-refractivity contribution in [3.05, 3.63) is 155 Å². The molecule has 2 fully saturated rings. The van der Waals surface area contributed by atoms with Gasteiger partial charge in [-0.05, 0) is 45.5 Å². The highest BCUT2D eigenvalue weighted by Crippen LogP contribution is 2.40. The van der Waals surface area contributed by atoms with Crippen molar-refractivity contribution in [1.82, 2.24) is 15.2 Å². The minimum atomic E-state index is -1.05. The summed E-state index contributed by atoms with van der Waals surface area (Å²) in [5, 5.41) is 22.2. The van der Waals surface area contributed by atoms with E-state index in [0.717, 1.165) is 43.8 Å². The van der Waals surface area contributed by atoms with Crippen LogP contribution in [0.2, 0.25) is 0 Å². The van der Waals surface area contributed by atoms with Gasteiger partial charge in [-0.1, -0.05) is 103 Å². The molecule has 286 valence electrons. The van der Waals surface area contributed by atoms with Crippen molar-refractivity contribution in [3.63, 3.8) is 0 Å². The van der Waals surface area contributed by atoms with E-state index in [1.54, 1.807) is 12.3 Å². The van der Waals surface area contributed by atoms with Gasteiger partial charge in [0.1, 0.15) is 17.7 Å². The average molecular weight is 774 g/mol. The molecule has 0 spiro atoms. The molecule has 3 heterocycles. The number of imide groups is 1. The summed E-state index contributed by atoms with van der Waals surface area (Å²) in [5.74, 6) is -1.51. The molecule has 1 aromatic heterocycles. The van der Waals surface area contributed by atoms with Crippen molar-refractivity contribution >= 4 is 35.6 Å². The molecule has 4 atom stereocenters. The number of thioether (sulfide) groups is 1. The minimum Gasteiger partial charge on any atom is -0.478 e. The number of pyridine rings is 1. The summed E-state index contributed by atoms with van der Waals surface area (Å²) in [6, 6.07) is 34.0. The van der Waals surface area contributed by atoms with E-state index in [4.69, 9.17) is 14.2 Å². The highest BCUT2D eigenvalue weighted by Gasteiger charge is 2.40. The van der Waals surface area contributed by atoms with Crippen LogP contribution in [0.25, 0.3) is 11.1 Å². The fraction of sp³-hybridized carbons (Fsp3) is 0.233. The summed E-state index contributed by atoms with van der Waals surface area (Å²) >= 11 is 1.32. The number of hydrogen-bond donors (Lipinski definition) is 3. The Morgan fingerprint density at radius 1 is 0.857 bits per heavy atom. The summed E-state index contributed by atoms with van der Waals surface area (Å²) < 4.78 is 18.2. The second kappa shape index (κ2) is 17.7. The summed E-state index contributed by atoms with van der Waals surface area (Å²) in [6.07, 6.45) is -0.250. The molecule has 3 N–H and O–H groups in total. The molecule has 2 aliphatic rings. The number of carboxylic acid groups (broad SMARTS) is 1. The largest absolute Gasteiger partial charge is 0.478 e. The van der Waals surface area contributed by atoms with E-state index in [0.29, 0.717) is 17.2 Å². The zero-order chi connectivity index (χ0) is 39.0. The van der Waals surface area contributed by atoms with Crippen molar-refractivity contribution in [2.75, 3.05) is 5.75 Å². The monoisotopic (exact) mass is 773 g/mol. The molecule has 0 saturated carbocycles. The van der Waals surface area contributed by atoms with Gasteiger partial charge in [-0.25, -0.2) is 14.6 Å². The SMILES string of the molecule is O=C(NC1CC(=O)N(Cc2ccccc2-c2ccc(C3OC(CSc4ncccc4C(=O)O)CC(c4ccc(CO)cc4)O3)cc2)C1=O)OCc1ccccc1. The number of rotatable bonds is 13. The number of amides is 3. The average Bonchev–Trinajstić information content (AvgIpc) is 3.49. The van der Waals surface area contributed by atoms with E-state index < -0.39 is 36.2 Å². The van der Waals surface area contributed by atoms with Crippen molar-refractivity contribution in [2.45, 2.75) is 62.2 Å². The molecule has 7 rings (SSSR count). The lowest BCUT2D eigenvalue weighted by Gasteiger charge is -2.36. The Morgan fingerprint density at radius 3 is 2.34 bits per heavy atom. The second-order valence-electron chi connectivity index (χ2n) is 13.4. The number of nitrogens with zero attached hydrogens (tertiary/aromatic N) is 2. The first kappa shape index (κ1) is 38.4. The van der Waals surface area contributed by atoms with Gasteiger partial charge in [-0.3, -0.25) is 14.5 Å². The molecule has 2 aliphatic heterocycles. The number of aromatic carboxylic acids is 1. The number of benzene rings is 4.